The Morgan fingerprint density at radius 2 is 2.17 bits per heavy atom. The van der Waals surface area contributed by atoms with Crippen LogP contribution in [0, 0.1) is 0 Å². The van der Waals surface area contributed by atoms with Crippen molar-refractivity contribution in [2.75, 3.05) is 11.9 Å². The number of hydrogen-bond donors (Lipinski definition) is 3. The average molecular weight is 250 g/mol. The molecule has 0 saturated heterocycles. The molecular weight excluding hydrogens is 228 g/mol. The van der Waals surface area contributed by atoms with Crippen LogP contribution in [0.3, 0.4) is 0 Å². The molecule has 1 aromatic rings. The molecule has 1 amide bonds. The number of benzene rings is 1. The van der Waals surface area contributed by atoms with E-state index in [0.29, 0.717) is 0 Å². The van der Waals surface area contributed by atoms with Crippen molar-refractivity contribution in [3.63, 3.8) is 0 Å². The Labute approximate surface area is 108 Å². The molecule has 4 heteroatoms. The second kappa shape index (κ2) is 7.13. The number of nitrogens with one attached hydrogen (secondary N) is 2. The highest BCUT2D eigenvalue weighted by Crippen LogP contribution is 2.18. The summed E-state index contributed by atoms with van der Waals surface area (Å²) in [6.07, 6.45) is 0.881. The van der Waals surface area contributed by atoms with Gasteiger partial charge in [0.15, 0.2) is 0 Å². The Morgan fingerprint density at radius 1 is 1.44 bits per heavy atom. The zero-order valence-electron chi connectivity index (χ0n) is 11.2. The van der Waals surface area contributed by atoms with Gasteiger partial charge in [-0.3, -0.25) is 4.79 Å². The van der Waals surface area contributed by atoms with Crippen LogP contribution in [0.1, 0.15) is 38.8 Å². The minimum absolute atomic E-state index is 0.0745. The Kier molecular flexibility index (Phi) is 5.82. The van der Waals surface area contributed by atoms with Crippen molar-refractivity contribution in [2.45, 2.75) is 39.3 Å². The molecule has 3 N–H and O–H groups in total. The minimum atomic E-state index is -0.0745. The van der Waals surface area contributed by atoms with E-state index in [1.807, 2.05) is 38.1 Å². The second-order valence-electron chi connectivity index (χ2n) is 4.48. The molecular formula is C14H22N2O2. The maximum Gasteiger partial charge on any atom is 0.221 e. The summed E-state index contributed by atoms with van der Waals surface area (Å²) in [6, 6.07) is 7.97. The molecule has 2 atom stereocenters. The zero-order valence-corrected chi connectivity index (χ0v) is 11.2. The molecule has 0 aromatic heterocycles. The molecule has 0 aliphatic heterocycles. The van der Waals surface area contributed by atoms with Crippen LogP contribution in [0.2, 0.25) is 0 Å². The van der Waals surface area contributed by atoms with Gasteiger partial charge in [0.25, 0.3) is 0 Å². The van der Waals surface area contributed by atoms with Crippen LogP contribution in [0.5, 0.6) is 0 Å². The van der Waals surface area contributed by atoms with Crippen molar-refractivity contribution in [1.29, 1.82) is 0 Å². The van der Waals surface area contributed by atoms with Gasteiger partial charge in [-0.15, -0.1) is 0 Å². The fourth-order valence-corrected chi connectivity index (χ4v) is 1.84. The number of anilines is 1. The van der Waals surface area contributed by atoms with Gasteiger partial charge in [0.1, 0.15) is 0 Å². The first-order chi connectivity index (χ1) is 8.56. The van der Waals surface area contributed by atoms with Gasteiger partial charge in [-0.25, -0.2) is 0 Å². The first-order valence-electron chi connectivity index (χ1n) is 6.31. The summed E-state index contributed by atoms with van der Waals surface area (Å²) >= 11 is 0. The number of aliphatic hydroxyl groups is 1. The smallest absolute Gasteiger partial charge is 0.221 e. The van der Waals surface area contributed by atoms with E-state index >= 15 is 0 Å². The van der Waals surface area contributed by atoms with Crippen LogP contribution in [0.4, 0.5) is 5.69 Å². The van der Waals surface area contributed by atoms with Crippen LogP contribution in [-0.2, 0) is 4.79 Å². The molecule has 100 valence electrons. The van der Waals surface area contributed by atoms with Crippen molar-refractivity contribution in [2.24, 2.45) is 0 Å². The van der Waals surface area contributed by atoms with Gasteiger partial charge in [0.2, 0.25) is 5.91 Å². The molecule has 4 nitrogen and oxygen atoms in total. The highest BCUT2D eigenvalue weighted by molar-refractivity contribution is 5.88. The van der Waals surface area contributed by atoms with Crippen LogP contribution in [0.25, 0.3) is 0 Å². The molecule has 0 spiro atoms. The van der Waals surface area contributed by atoms with Crippen molar-refractivity contribution >= 4 is 11.6 Å². The summed E-state index contributed by atoms with van der Waals surface area (Å²) in [5.41, 5.74) is 1.89. The Hall–Kier alpha value is -1.39. The van der Waals surface area contributed by atoms with Gasteiger partial charge in [-0.05, 0) is 31.0 Å². The van der Waals surface area contributed by atoms with Crippen molar-refractivity contribution in [3.8, 4) is 0 Å². The van der Waals surface area contributed by atoms with Crippen molar-refractivity contribution < 1.29 is 9.90 Å². The molecule has 0 heterocycles. The van der Waals surface area contributed by atoms with E-state index in [1.165, 1.54) is 6.92 Å². The summed E-state index contributed by atoms with van der Waals surface area (Å²) in [4.78, 5) is 11.0. The van der Waals surface area contributed by atoms with Gasteiger partial charge < -0.3 is 15.7 Å². The Bertz CT molecular complexity index is 389. The van der Waals surface area contributed by atoms with Gasteiger partial charge in [0.05, 0.1) is 6.61 Å². The van der Waals surface area contributed by atoms with Gasteiger partial charge in [-0.2, -0.15) is 0 Å². The summed E-state index contributed by atoms with van der Waals surface area (Å²) < 4.78 is 0. The van der Waals surface area contributed by atoms with Gasteiger partial charge >= 0.3 is 0 Å². The maximum absolute atomic E-state index is 11.0. The van der Waals surface area contributed by atoms with Crippen molar-refractivity contribution in [3.05, 3.63) is 29.8 Å². The van der Waals surface area contributed by atoms with Gasteiger partial charge in [0, 0.05) is 24.7 Å². The van der Waals surface area contributed by atoms with Crippen LogP contribution in [0.15, 0.2) is 24.3 Å². The van der Waals surface area contributed by atoms with E-state index < -0.39 is 0 Å². The molecule has 1 unspecified atom stereocenters. The number of carbonyl (C=O) groups excluding carboxylic acids is 1. The first kappa shape index (κ1) is 14.7. The zero-order chi connectivity index (χ0) is 13.5. The molecule has 0 aliphatic carbocycles. The lowest BCUT2D eigenvalue weighted by Crippen LogP contribution is -2.33. The van der Waals surface area contributed by atoms with E-state index in [0.717, 1.165) is 17.7 Å². The third-order valence-electron chi connectivity index (χ3n) is 2.91. The predicted octanol–water partition coefficient (Wildman–Crippen LogP) is 2.07. The summed E-state index contributed by atoms with van der Waals surface area (Å²) in [6.45, 7) is 5.71. The minimum Gasteiger partial charge on any atom is -0.395 e. The molecule has 0 aliphatic rings. The molecule has 0 bridgehead atoms. The van der Waals surface area contributed by atoms with Crippen molar-refractivity contribution in [1.82, 2.24) is 5.32 Å². The number of rotatable bonds is 6. The Balaban J connectivity index is 2.73. The van der Waals surface area contributed by atoms with Crippen LogP contribution < -0.4 is 10.6 Å². The largest absolute Gasteiger partial charge is 0.395 e. The summed E-state index contributed by atoms with van der Waals surface area (Å²) in [5, 5.41) is 15.3. The fourth-order valence-electron chi connectivity index (χ4n) is 1.84. The van der Waals surface area contributed by atoms with Crippen LogP contribution >= 0.6 is 0 Å². The number of hydrogen-bond acceptors (Lipinski definition) is 3. The fraction of sp³-hybridized carbons (Fsp3) is 0.500. The molecule has 0 saturated carbocycles. The standard InChI is InChI=1S/C14H22N2O2/c1-4-13(9-17)15-10(2)12-6-5-7-14(8-12)16-11(3)18/h5-8,10,13,15,17H,4,9H2,1-3H3,(H,16,18)/t10?,13-/m1/s1. The third-order valence-corrected chi connectivity index (χ3v) is 2.91. The van der Waals surface area contributed by atoms with E-state index in [4.69, 9.17) is 0 Å². The highest BCUT2D eigenvalue weighted by atomic mass is 16.3. The number of carbonyl (C=O) groups is 1. The predicted molar refractivity (Wildman–Crippen MR) is 73.5 cm³/mol. The maximum atomic E-state index is 11.0. The van der Waals surface area contributed by atoms with E-state index in [1.54, 1.807) is 0 Å². The normalized spacial score (nSPS) is 14.0. The lowest BCUT2D eigenvalue weighted by molar-refractivity contribution is -0.114. The third kappa shape index (κ3) is 4.47. The van der Waals surface area contributed by atoms with Crippen LogP contribution in [-0.4, -0.2) is 23.7 Å². The molecule has 18 heavy (non-hydrogen) atoms. The summed E-state index contributed by atoms with van der Waals surface area (Å²) in [5.74, 6) is -0.0745. The first-order valence-corrected chi connectivity index (χ1v) is 6.31. The van der Waals surface area contributed by atoms with Gasteiger partial charge in [-0.1, -0.05) is 19.1 Å². The second-order valence-corrected chi connectivity index (χ2v) is 4.48. The van der Waals surface area contributed by atoms with E-state index in [-0.39, 0.29) is 24.6 Å². The van der Waals surface area contributed by atoms with E-state index in [2.05, 4.69) is 10.6 Å². The lowest BCUT2D eigenvalue weighted by atomic mass is 10.1. The molecule has 1 aromatic carbocycles. The molecule has 0 fully saturated rings. The number of aliphatic hydroxyl groups excluding tert-OH is 1. The quantitative estimate of drug-likeness (QED) is 0.724. The average Bonchev–Trinajstić information content (AvgIpc) is 2.35. The SMILES string of the molecule is CC[C@H](CO)NC(C)c1cccc(NC(C)=O)c1. The molecule has 1 rings (SSSR count). The lowest BCUT2D eigenvalue weighted by Gasteiger charge is -2.21. The Morgan fingerprint density at radius 3 is 2.72 bits per heavy atom. The summed E-state index contributed by atoms with van der Waals surface area (Å²) in [7, 11) is 0. The highest BCUT2D eigenvalue weighted by Gasteiger charge is 2.11. The number of amides is 1. The molecule has 0 radical (unpaired) electrons. The topological polar surface area (TPSA) is 61.4 Å². The van der Waals surface area contributed by atoms with E-state index in [9.17, 15) is 9.90 Å². The monoisotopic (exact) mass is 250 g/mol.